The maximum absolute atomic E-state index is 12.5. The number of hydrogen-bond donors (Lipinski definition) is 24. The smallest absolute Gasteiger partial charge is 0.217 e. The fourth-order valence-electron chi connectivity index (χ4n) is 10.3. The molecule has 6 heterocycles. The molecule has 0 aliphatic carbocycles. The van der Waals surface area contributed by atoms with Crippen molar-refractivity contribution in [3.63, 3.8) is 0 Å². The van der Waals surface area contributed by atoms with Gasteiger partial charge in [0.25, 0.3) is 0 Å². The molecule has 0 radical (unpaired) electrons. The lowest BCUT2D eigenvalue weighted by atomic mass is 9.94. The molecule has 0 aromatic carbocycles. The van der Waals surface area contributed by atoms with E-state index in [9.17, 15) is 122 Å². The maximum Gasteiger partial charge on any atom is 0.217 e. The third-order valence-electron chi connectivity index (χ3n) is 15.0. The predicted molar refractivity (Wildman–Crippen MR) is 257 cm³/mol. The Hall–Kier alpha value is -2.42. The minimum atomic E-state index is -2.48. The van der Waals surface area contributed by atoms with Crippen molar-refractivity contribution in [3.05, 3.63) is 0 Å². The van der Waals surface area contributed by atoms with E-state index in [1.165, 1.54) is 0 Å². The highest BCUT2D eigenvalue weighted by Crippen LogP contribution is 2.36. The van der Waals surface area contributed by atoms with Crippen LogP contribution in [-0.2, 0) is 66.4 Å². The molecule has 490 valence electrons. The van der Waals surface area contributed by atoms with Crippen LogP contribution in [-0.4, -0.2) is 386 Å². The van der Waals surface area contributed by atoms with Crippen molar-refractivity contribution in [1.29, 1.82) is 0 Å². The quantitative estimate of drug-likeness (QED) is 0.0404. The summed E-state index contributed by atoms with van der Waals surface area (Å²) in [6.45, 7) is -6.47. The first-order chi connectivity index (χ1) is 39.7. The molecule has 34 atom stereocenters. The third-order valence-corrected chi connectivity index (χ3v) is 15.0. The Balaban J connectivity index is 1.21. The minimum absolute atomic E-state index is 0.867. The lowest BCUT2D eigenvalue weighted by molar-refractivity contribution is -0.380. The molecule has 0 unspecified atom stereocenters. The second-order valence-electron chi connectivity index (χ2n) is 20.8. The number of aliphatic hydroxyl groups excluding tert-OH is 22. The van der Waals surface area contributed by atoms with Gasteiger partial charge in [0.05, 0.1) is 52.9 Å². The lowest BCUT2D eigenvalue weighted by Gasteiger charge is -2.49. The summed E-state index contributed by atoms with van der Waals surface area (Å²) >= 11 is 0. The van der Waals surface area contributed by atoms with Crippen LogP contribution in [0.15, 0.2) is 0 Å². The van der Waals surface area contributed by atoms with E-state index in [1.54, 1.807) is 0 Å². The Labute approximate surface area is 475 Å². The van der Waals surface area contributed by atoms with Gasteiger partial charge in [-0.2, -0.15) is 0 Å². The van der Waals surface area contributed by atoms with Gasteiger partial charge in [0.1, 0.15) is 171 Å². The van der Waals surface area contributed by atoms with Crippen molar-refractivity contribution < 1.29 is 179 Å². The van der Waals surface area contributed by atoms with Crippen LogP contribution in [0.5, 0.6) is 0 Å². The zero-order valence-corrected chi connectivity index (χ0v) is 44.8. The molecule has 6 fully saturated rings. The first-order valence-electron chi connectivity index (χ1n) is 26.5. The minimum Gasteiger partial charge on any atom is -0.394 e. The first-order valence-corrected chi connectivity index (χ1v) is 26.5. The molecule has 38 heteroatoms. The monoisotopic (exact) mass is 1240 g/mol. The molecule has 0 bridgehead atoms. The van der Waals surface area contributed by atoms with Gasteiger partial charge in [0, 0.05) is 13.8 Å². The van der Waals surface area contributed by atoms with Crippen molar-refractivity contribution in [3.8, 4) is 0 Å². The van der Waals surface area contributed by atoms with Gasteiger partial charge < -0.3 is 180 Å². The fourth-order valence-corrected chi connectivity index (χ4v) is 10.3. The normalized spacial score (nSPS) is 46.4. The molecular formula is C46H80N2O36. The Kier molecular flexibility index (Phi) is 26.4. The molecule has 0 aromatic heterocycles. The number of rotatable bonds is 25. The predicted octanol–water partition coefficient (Wildman–Crippen LogP) is -16.4. The molecule has 84 heavy (non-hydrogen) atoms. The molecule has 6 aliphatic rings. The van der Waals surface area contributed by atoms with Crippen LogP contribution in [0.1, 0.15) is 13.8 Å². The van der Waals surface area contributed by atoms with Gasteiger partial charge in [-0.3, -0.25) is 9.59 Å². The van der Waals surface area contributed by atoms with Crippen LogP contribution >= 0.6 is 0 Å². The molecule has 6 aliphatic heterocycles. The first kappa shape index (κ1) is 70.7. The summed E-state index contributed by atoms with van der Waals surface area (Å²) in [6.07, 6.45) is -63.6. The van der Waals surface area contributed by atoms with Gasteiger partial charge in [-0.05, 0) is 0 Å². The summed E-state index contributed by atoms with van der Waals surface area (Å²) in [7, 11) is 0. The molecule has 0 saturated carbocycles. The largest absolute Gasteiger partial charge is 0.394 e. The van der Waals surface area contributed by atoms with E-state index in [0.717, 1.165) is 13.8 Å². The summed E-state index contributed by atoms with van der Waals surface area (Å²) in [5.41, 5.74) is 0. The summed E-state index contributed by atoms with van der Waals surface area (Å²) < 4.78 is 68.4. The van der Waals surface area contributed by atoms with Crippen molar-refractivity contribution >= 4 is 11.8 Å². The standard InChI is InChI=1S/C46H80N2O36/c1-11(56)47-21-28(65)37(81-43-34(71)30(67)24(61)15(4-50)74-43)19(8-54)78-41(21)83-39-32(69)26(63)17(6-52)76-45(39)73-10-14(59)23(60)36(13(58)3-49)80-46-40(33(70)27(64)18(7-53)77-46)84-42-22(48-12(2)57)29(66)38(20(9-55)79-42)82-44-35(72)31(68)25(62)16(5-51)75-44/h13-46,49-55,58-72H,3-10H2,1-2H3,(H,47,56)(H,48,57)/t13-,14-,15-,16-,17-,18-,19-,20-,21-,22-,23-,24+,25+,26-,27-,28-,29-,30+,31+,32+,33+,34-,35-,36-,37-,38-,39+,40+,41+,42+,43+,44+,45+,46-/m1/s1. The maximum atomic E-state index is 12.5. The van der Waals surface area contributed by atoms with Crippen LogP contribution in [0.25, 0.3) is 0 Å². The summed E-state index contributed by atoms with van der Waals surface area (Å²) in [4.78, 5) is 25.1. The SMILES string of the molecule is CC(=O)N[C@H]1[C@H](O[C@@H]2[C@@H](OC[C@@H](O)[C@@H](O)[C@H](O[C@H]3O[C@H](CO)[C@@H](O)[C@H](O)[C@@H]3O[C@@H]3O[C@H](CO)[C@@H](O[C@@H]4O[C@H](CO)[C@H](O)[C@H](O)[C@H]4O)[C@H](O)[C@H]3NC(C)=O)[C@H](O)CO)O[C@H](CO)[C@@H](O)[C@@H]2O)O[C@H](CO)[C@@H](O[C@@H]2O[C@H](CO)[C@H](O)[C@H](O)[C@H]2O)[C@@H]1O. The second-order valence-corrected chi connectivity index (χ2v) is 20.8. The van der Waals surface area contributed by atoms with Gasteiger partial charge in [0.15, 0.2) is 37.7 Å². The van der Waals surface area contributed by atoms with Crippen molar-refractivity contribution in [2.45, 2.75) is 222 Å². The molecule has 38 nitrogen and oxygen atoms in total. The van der Waals surface area contributed by atoms with E-state index in [0.29, 0.717) is 0 Å². The molecule has 6 rings (SSSR count). The molecule has 24 N–H and O–H groups in total. The molecular weight excluding hydrogens is 1160 g/mol. The number of ether oxygens (including phenoxy) is 12. The van der Waals surface area contributed by atoms with E-state index in [2.05, 4.69) is 10.6 Å². The van der Waals surface area contributed by atoms with Crippen molar-refractivity contribution in [2.75, 3.05) is 52.9 Å². The lowest BCUT2D eigenvalue weighted by Crippen LogP contribution is -2.69. The fraction of sp³-hybridized carbons (Fsp3) is 0.957. The van der Waals surface area contributed by atoms with Gasteiger partial charge in [-0.15, -0.1) is 0 Å². The molecule has 6 saturated heterocycles. The highest BCUT2D eigenvalue weighted by Gasteiger charge is 2.58. The highest BCUT2D eigenvalue weighted by molar-refractivity contribution is 5.73. The molecule has 0 aromatic rings. The Morgan fingerprint density at radius 3 is 1.06 bits per heavy atom. The van der Waals surface area contributed by atoms with E-state index < -0.39 is 273 Å². The zero-order valence-electron chi connectivity index (χ0n) is 44.8. The van der Waals surface area contributed by atoms with Gasteiger partial charge in [-0.25, -0.2) is 0 Å². The average Bonchev–Trinajstić information content (AvgIpc) is 1.63. The summed E-state index contributed by atoms with van der Waals surface area (Å²) in [6, 6.07) is -3.62. The van der Waals surface area contributed by atoms with Gasteiger partial charge in [-0.1, -0.05) is 0 Å². The number of amides is 2. The number of hydrogen-bond acceptors (Lipinski definition) is 36. The topological polar surface area (TPSA) is 614 Å². The molecule has 0 spiro atoms. The number of aliphatic hydroxyl groups is 22. The Morgan fingerprint density at radius 2 is 0.702 bits per heavy atom. The van der Waals surface area contributed by atoms with Gasteiger partial charge >= 0.3 is 0 Å². The van der Waals surface area contributed by atoms with E-state index in [4.69, 9.17) is 56.8 Å². The Morgan fingerprint density at radius 1 is 0.381 bits per heavy atom. The number of nitrogens with one attached hydrogen (secondary N) is 2. The molecule has 2 amide bonds. The third kappa shape index (κ3) is 15.8. The van der Waals surface area contributed by atoms with E-state index in [-0.39, 0.29) is 0 Å². The van der Waals surface area contributed by atoms with Crippen LogP contribution in [0.2, 0.25) is 0 Å². The second kappa shape index (κ2) is 31.4. The van der Waals surface area contributed by atoms with Gasteiger partial charge in [0.2, 0.25) is 11.8 Å². The Bertz CT molecular complexity index is 2010. The van der Waals surface area contributed by atoms with Crippen molar-refractivity contribution in [2.24, 2.45) is 0 Å². The zero-order chi connectivity index (χ0) is 62.3. The van der Waals surface area contributed by atoms with E-state index >= 15 is 0 Å². The van der Waals surface area contributed by atoms with Crippen LogP contribution in [0, 0.1) is 0 Å². The van der Waals surface area contributed by atoms with Crippen LogP contribution in [0.3, 0.4) is 0 Å². The average molecular weight is 1240 g/mol. The van der Waals surface area contributed by atoms with Crippen molar-refractivity contribution in [1.82, 2.24) is 10.6 Å². The van der Waals surface area contributed by atoms with Crippen LogP contribution in [0.4, 0.5) is 0 Å². The highest BCUT2D eigenvalue weighted by atomic mass is 16.8. The number of carbonyl (C=O) groups excluding carboxylic acids is 2. The van der Waals surface area contributed by atoms with Crippen LogP contribution < -0.4 is 10.6 Å². The summed E-state index contributed by atoms with van der Waals surface area (Å²) in [5, 5.41) is 240. The van der Waals surface area contributed by atoms with E-state index in [1.807, 2.05) is 0 Å². The summed E-state index contributed by atoms with van der Waals surface area (Å²) in [5.74, 6) is -1.76. The number of carbonyl (C=O) groups is 2.